The molecule has 0 spiro atoms. The van der Waals surface area contributed by atoms with Gasteiger partial charge in [0, 0.05) is 19.1 Å². The van der Waals surface area contributed by atoms with E-state index in [4.69, 9.17) is 10.5 Å². The Morgan fingerprint density at radius 3 is 2.42 bits per heavy atom. The molecule has 3 rings (SSSR count). The zero-order valence-corrected chi connectivity index (χ0v) is 15.0. The Morgan fingerprint density at radius 1 is 1.08 bits per heavy atom. The molecule has 1 aliphatic heterocycles. The van der Waals surface area contributed by atoms with Gasteiger partial charge in [0.2, 0.25) is 0 Å². The summed E-state index contributed by atoms with van der Waals surface area (Å²) >= 11 is 0. The van der Waals surface area contributed by atoms with Crippen LogP contribution in [0.3, 0.4) is 0 Å². The first-order chi connectivity index (χ1) is 11.3. The van der Waals surface area contributed by atoms with Crippen LogP contribution < -0.4 is 5.73 Å². The molecule has 2 fully saturated rings. The van der Waals surface area contributed by atoms with Crippen molar-refractivity contribution in [3.63, 3.8) is 0 Å². The van der Waals surface area contributed by atoms with Crippen LogP contribution in [-0.2, 0) is 16.1 Å². The van der Waals surface area contributed by atoms with Crippen molar-refractivity contribution in [3.8, 4) is 0 Å². The highest BCUT2D eigenvalue weighted by Crippen LogP contribution is 2.28. The highest BCUT2D eigenvalue weighted by molar-refractivity contribution is 5.85. The van der Waals surface area contributed by atoms with Crippen molar-refractivity contribution >= 4 is 18.3 Å². The maximum absolute atomic E-state index is 13.1. The lowest BCUT2D eigenvalue weighted by Crippen LogP contribution is -2.46. The lowest BCUT2D eigenvalue weighted by molar-refractivity contribution is -0.146. The van der Waals surface area contributed by atoms with Crippen molar-refractivity contribution in [1.82, 2.24) is 4.90 Å². The minimum Gasteiger partial charge on any atom is -0.364 e. The second-order valence-corrected chi connectivity index (χ2v) is 6.80. The van der Waals surface area contributed by atoms with E-state index in [0.717, 1.165) is 25.7 Å². The second kappa shape index (κ2) is 9.40. The van der Waals surface area contributed by atoms with Gasteiger partial charge in [0.15, 0.2) is 0 Å². The topological polar surface area (TPSA) is 55.6 Å². The minimum absolute atomic E-state index is 0. The summed E-state index contributed by atoms with van der Waals surface area (Å²) in [6.07, 6.45) is 7.43. The zero-order chi connectivity index (χ0) is 16.1. The summed E-state index contributed by atoms with van der Waals surface area (Å²) in [5.41, 5.74) is 6.88. The Kier molecular flexibility index (Phi) is 7.53. The summed E-state index contributed by atoms with van der Waals surface area (Å²) in [5, 5.41) is 0. The van der Waals surface area contributed by atoms with Gasteiger partial charge in [0.05, 0.1) is 6.10 Å². The van der Waals surface area contributed by atoms with Crippen LogP contribution in [-0.4, -0.2) is 35.6 Å². The molecular formula is C19H29ClN2O2. The monoisotopic (exact) mass is 352 g/mol. The molecule has 1 aliphatic carbocycles. The molecule has 4 nitrogen and oxygen atoms in total. The molecule has 5 heteroatoms. The van der Waals surface area contributed by atoms with E-state index in [1.165, 1.54) is 24.8 Å². The summed E-state index contributed by atoms with van der Waals surface area (Å²) in [4.78, 5) is 15.2. The van der Waals surface area contributed by atoms with Crippen molar-refractivity contribution in [2.75, 3.05) is 6.54 Å². The summed E-state index contributed by atoms with van der Waals surface area (Å²) in [7, 11) is 0. The van der Waals surface area contributed by atoms with E-state index < -0.39 is 0 Å². The van der Waals surface area contributed by atoms with E-state index in [9.17, 15) is 4.79 Å². The van der Waals surface area contributed by atoms with Crippen LogP contribution in [0.4, 0.5) is 0 Å². The molecule has 2 atom stereocenters. The van der Waals surface area contributed by atoms with Gasteiger partial charge in [0.1, 0.15) is 6.10 Å². The molecule has 1 amide bonds. The Morgan fingerprint density at radius 2 is 1.79 bits per heavy atom. The Labute approximate surface area is 151 Å². The fourth-order valence-electron chi connectivity index (χ4n) is 3.81. The molecule has 2 aliphatic rings. The number of hydrogen-bond acceptors (Lipinski definition) is 3. The average Bonchev–Trinajstić information content (AvgIpc) is 3.10. The molecule has 134 valence electrons. The quantitative estimate of drug-likeness (QED) is 0.884. The van der Waals surface area contributed by atoms with Gasteiger partial charge in [-0.3, -0.25) is 4.79 Å². The largest absolute Gasteiger partial charge is 0.364 e. The number of halogens is 1. The maximum Gasteiger partial charge on any atom is 0.252 e. The zero-order valence-electron chi connectivity index (χ0n) is 14.2. The van der Waals surface area contributed by atoms with Crippen LogP contribution in [0.5, 0.6) is 0 Å². The van der Waals surface area contributed by atoms with E-state index in [1.54, 1.807) is 0 Å². The van der Waals surface area contributed by atoms with Crippen molar-refractivity contribution < 1.29 is 9.53 Å². The molecule has 1 aromatic carbocycles. The van der Waals surface area contributed by atoms with Gasteiger partial charge in [-0.2, -0.15) is 0 Å². The molecule has 1 saturated carbocycles. The van der Waals surface area contributed by atoms with Gasteiger partial charge in [-0.25, -0.2) is 0 Å². The van der Waals surface area contributed by atoms with Crippen LogP contribution in [0.2, 0.25) is 0 Å². The van der Waals surface area contributed by atoms with Gasteiger partial charge in [0.25, 0.3) is 5.91 Å². The number of amides is 1. The van der Waals surface area contributed by atoms with Crippen LogP contribution in [0.1, 0.15) is 50.5 Å². The fraction of sp³-hybridized carbons (Fsp3) is 0.632. The molecule has 0 unspecified atom stereocenters. The van der Waals surface area contributed by atoms with Crippen molar-refractivity contribution in [2.45, 2.75) is 69.7 Å². The summed E-state index contributed by atoms with van der Waals surface area (Å²) in [6, 6.07) is 10.6. The molecular weight excluding hydrogens is 324 g/mol. The number of nitrogens with two attached hydrogens (primary N) is 1. The lowest BCUT2D eigenvalue weighted by atomic mass is 9.93. The molecule has 2 N–H and O–H groups in total. The number of rotatable bonds is 5. The van der Waals surface area contributed by atoms with Crippen LogP contribution >= 0.6 is 12.4 Å². The fourth-order valence-corrected chi connectivity index (χ4v) is 3.81. The molecule has 0 radical (unpaired) electrons. The molecule has 1 heterocycles. The van der Waals surface area contributed by atoms with Gasteiger partial charge < -0.3 is 15.4 Å². The Hall–Kier alpha value is -1.10. The van der Waals surface area contributed by atoms with Crippen molar-refractivity contribution in [3.05, 3.63) is 35.9 Å². The highest BCUT2D eigenvalue weighted by Gasteiger charge is 2.35. The Bertz CT molecular complexity index is 505. The highest BCUT2D eigenvalue weighted by atomic mass is 35.5. The van der Waals surface area contributed by atoms with Gasteiger partial charge in [-0.15, -0.1) is 12.4 Å². The first-order valence-corrected chi connectivity index (χ1v) is 8.98. The minimum atomic E-state index is -0.297. The maximum atomic E-state index is 13.1. The SMILES string of the molecule is Cl.NC[C@H]1CC[C@@H](C(=O)N(Cc2ccccc2)C2CCCCC2)O1. The van der Waals surface area contributed by atoms with Crippen LogP contribution in [0, 0.1) is 0 Å². The van der Waals surface area contributed by atoms with Gasteiger partial charge >= 0.3 is 0 Å². The van der Waals surface area contributed by atoms with E-state index in [-0.39, 0.29) is 30.5 Å². The van der Waals surface area contributed by atoms with E-state index >= 15 is 0 Å². The predicted molar refractivity (Wildman–Crippen MR) is 98.1 cm³/mol. The van der Waals surface area contributed by atoms with E-state index in [1.807, 2.05) is 18.2 Å². The van der Waals surface area contributed by atoms with E-state index in [0.29, 0.717) is 19.1 Å². The second-order valence-electron chi connectivity index (χ2n) is 6.80. The molecule has 0 bridgehead atoms. The number of carbonyl (C=O) groups excluding carboxylic acids is 1. The predicted octanol–water partition coefficient (Wildman–Crippen LogP) is 3.28. The molecule has 1 aromatic rings. The molecule has 1 saturated heterocycles. The number of nitrogens with zero attached hydrogens (tertiary/aromatic N) is 1. The molecule has 24 heavy (non-hydrogen) atoms. The smallest absolute Gasteiger partial charge is 0.252 e. The van der Waals surface area contributed by atoms with Gasteiger partial charge in [-0.05, 0) is 31.2 Å². The normalized spacial score (nSPS) is 24.4. The summed E-state index contributed by atoms with van der Waals surface area (Å²) in [5.74, 6) is 0.164. The van der Waals surface area contributed by atoms with Crippen molar-refractivity contribution in [1.29, 1.82) is 0 Å². The third-order valence-electron chi connectivity index (χ3n) is 5.14. The number of hydrogen-bond donors (Lipinski definition) is 1. The Balaban J connectivity index is 0.00000208. The number of carbonyl (C=O) groups is 1. The number of ether oxygens (including phenoxy) is 1. The number of benzene rings is 1. The average molecular weight is 353 g/mol. The third-order valence-corrected chi connectivity index (χ3v) is 5.14. The van der Waals surface area contributed by atoms with Crippen LogP contribution in [0.15, 0.2) is 30.3 Å². The standard InChI is InChI=1S/C19H28N2O2.ClH/c20-13-17-11-12-18(23-17)19(22)21(16-9-5-2-6-10-16)14-15-7-3-1-4-8-15;/h1,3-4,7-8,16-18H,2,5-6,9-14,20H2;1H/t17-,18+;/m1./s1. The first kappa shape index (κ1) is 19.2. The summed E-state index contributed by atoms with van der Waals surface area (Å²) in [6.45, 7) is 1.20. The first-order valence-electron chi connectivity index (χ1n) is 8.98. The van der Waals surface area contributed by atoms with Gasteiger partial charge in [-0.1, -0.05) is 49.6 Å². The van der Waals surface area contributed by atoms with Crippen LogP contribution in [0.25, 0.3) is 0 Å². The lowest BCUT2D eigenvalue weighted by Gasteiger charge is -2.36. The van der Waals surface area contributed by atoms with E-state index in [2.05, 4.69) is 17.0 Å². The summed E-state index contributed by atoms with van der Waals surface area (Å²) < 4.78 is 5.87. The van der Waals surface area contributed by atoms with Crippen molar-refractivity contribution in [2.24, 2.45) is 5.73 Å². The molecule has 0 aromatic heterocycles. The third kappa shape index (κ3) is 4.71.